The van der Waals surface area contributed by atoms with Crippen LogP contribution in [0.4, 0.5) is 0 Å². The molecule has 2 rings (SSSR count). The van der Waals surface area contributed by atoms with Gasteiger partial charge in [0.05, 0.1) is 17.7 Å². The molecule has 1 unspecified atom stereocenters. The van der Waals surface area contributed by atoms with Gasteiger partial charge < -0.3 is 9.67 Å². The SMILES string of the molecule is Cc1cc(=O)c(C(=O)O)cn1C(C)c1ccc(C#N)cc1. The summed E-state index contributed by atoms with van der Waals surface area (Å²) < 4.78 is 1.74. The first-order valence-electron chi connectivity index (χ1n) is 6.40. The van der Waals surface area contributed by atoms with E-state index < -0.39 is 11.4 Å². The van der Waals surface area contributed by atoms with Crippen molar-refractivity contribution >= 4 is 5.97 Å². The Morgan fingerprint density at radius 2 is 1.95 bits per heavy atom. The van der Waals surface area contributed by atoms with E-state index in [9.17, 15) is 9.59 Å². The second kappa shape index (κ2) is 5.63. The smallest absolute Gasteiger partial charge is 0.341 e. The summed E-state index contributed by atoms with van der Waals surface area (Å²) in [7, 11) is 0. The van der Waals surface area contributed by atoms with Crippen LogP contribution in [0, 0.1) is 18.3 Å². The number of pyridine rings is 1. The van der Waals surface area contributed by atoms with Gasteiger partial charge in [-0.25, -0.2) is 4.79 Å². The number of carboxylic acid groups (broad SMARTS) is 1. The Bertz CT molecular complexity index is 783. The number of hydrogen-bond donors (Lipinski definition) is 1. The summed E-state index contributed by atoms with van der Waals surface area (Å²) in [5.74, 6) is -1.24. The minimum Gasteiger partial charge on any atom is -0.477 e. The van der Waals surface area contributed by atoms with Crippen LogP contribution >= 0.6 is 0 Å². The maximum atomic E-state index is 11.6. The third kappa shape index (κ3) is 2.84. The molecule has 1 atom stereocenters. The van der Waals surface area contributed by atoms with Crippen LogP contribution in [0.1, 0.15) is 40.1 Å². The number of carbonyl (C=O) groups is 1. The number of carboxylic acids is 1. The van der Waals surface area contributed by atoms with E-state index >= 15 is 0 Å². The Morgan fingerprint density at radius 3 is 2.48 bits per heavy atom. The predicted molar refractivity (Wildman–Crippen MR) is 77.4 cm³/mol. The molecule has 106 valence electrons. The molecular weight excluding hydrogens is 268 g/mol. The summed E-state index contributed by atoms with van der Waals surface area (Å²) in [6.07, 6.45) is 1.36. The lowest BCUT2D eigenvalue weighted by atomic mass is 10.1. The molecule has 0 aliphatic rings. The summed E-state index contributed by atoms with van der Waals surface area (Å²) in [6, 6.07) is 10.3. The third-order valence-corrected chi connectivity index (χ3v) is 3.45. The fraction of sp³-hybridized carbons (Fsp3) is 0.188. The van der Waals surface area contributed by atoms with Gasteiger partial charge in [0.25, 0.3) is 0 Å². The Hall–Kier alpha value is -2.87. The topological polar surface area (TPSA) is 83.1 Å². The molecule has 0 fully saturated rings. The van der Waals surface area contributed by atoms with Crippen LogP contribution in [0.25, 0.3) is 0 Å². The monoisotopic (exact) mass is 282 g/mol. The number of aryl methyl sites for hydroxylation is 1. The first-order valence-corrected chi connectivity index (χ1v) is 6.40. The van der Waals surface area contributed by atoms with E-state index in [1.807, 2.05) is 25.1 Å². The molecule has 0 amide bonds. The number of hydrogen-bond acceptors (Lipinski definition) is 3. The molecular formula is C16H14N2O3. The second-order valence-corrected chi connectivity index (χ2v) is 4.81. The van der Waals surface area contributed by atoms with Gasteiger partial charge in [-0.2, -0.15) is 5.26 Å². The molecule has 1 aromatic carbocycles. The minimum absolute atomic E-state index is 0.142. The zero-order chi connectivity index (χ0) is 15.6. The van der Waals surface area contributed by atoms with E-state index in [2.05, 4.69) is 0 Å². The maximum absolute atomic E-state index is 11.6. The molecule has 2 aromatic rings. The van der Waals surface area contributed by atoms with Crippen molar-refractivity contribution in [3.05, 3.63) is 69.1 Å². The lowest BCUT2D eigenvalue weighted by molar-refractivity contribution is 0.0694. The second-order valence-electron chi connectivity index (χ2n) is 4.81. The van der Waals surface area contributed by atoms with E-state index in [1.165, 1.54) is 12.3 Å². The molecule has 5 nitrogen and oxygen atoms in total. The summed E-state index contributed by atoms with van der Waals surface area (Å²) in [4.78, 5) is 22.7. The van der Waals surface area contributed by atoms with Gasteiger partial charge in [-0.15, -0.1) is 0 Å². The van der Waals surface area contributed by atoms with E-state index in [-0.39, 0.29) is 11.6 Å². The van der Waals surface area contributed by atoms with Crippen LogP contribution in [-0.2, 0) is 0 Å². The van der Waals surface area contributed by atoms with Crippen molar-refractivity contribution in [2.75, 3.05) is 0 Å². The summed E-state index contributed by atoms with van der Waals surface area (Å²) >= 11 is 0. The number of nitriles is 1. The summed E-state index contributed by atoms with van der Waals surface area (Å²) in [5, 5.41) is 17.9. The lowest BCUT2D eigenvalue weighted by Gasteiger charge is -2.20. The van der Waals surface area contributed by atoms with Crippen molar-refractivity contribution in [3.8, 4) is 6.07 Å². The zero-order valence-electron chi connectivity index (χ0n) is 11.7. The number of rotatable bonds is 3. The van der Waals surface area contributed by atoms with Gasteiger partial charge in [-0.1, -0.05) is 12.1 Å². The van der Waals surface area contributed by atoms with Crippen molar-refractivity contribution in [2.24, 2.45) is 0 Å². The quantitative estimate of drug-likeness (QED) is 0.936. The van der Waals surface area contributed by atoms with Crippen LogP contribution in [0.2, 0.25) is 0 Å². The number of aromatic carboxylic acids is 1. The molecule has 1 N–H and O–H groups in total. The van der Waals surface area contributed by atoms with Crippen LogP contribution in [0.3, 0.4) is 0 Å². The van der Waals surface area contributed by atoms with Crippen molar-refractivity contribution in [1.82, 2.24) is 4.57 Å². The highest BCUT2D eigenvalue weighted by atomic mass is 16.4. The largest absolute Gasteiger partial charge is 0.477 e. The Kier molecular flexibility index (Phi) is 3.90. The molecule has 21 heavy (non-hydrogen) atoms. The van der Waals surface area contributed by atoms with Gasteiger partial charge in [0.2, 0.25) is 0 Å². The first kappa shape index (κ1) is 14.5. The Labute approximate surface area is 121 Å². The highest BCUT2D eigenvalue weighted by Gasteiger charge is 2.15. The molecule has 0 aliphatic carbocycles. The fourth-order valence-corrected chi connectivity index (χ4v) is 2.22. The average molecular weight is 282 g/mol. The molecule has 5 heteroatoms. The van der Waals surface area contributed by atoms with Gasteiger partial charge in [0.15, 0.2) is 5.43 Å². The Morgan fingerprint density at radius 1 is 1.33 bits per heavy atom. The van der Waals surface area contributed by atoms with E-state index in [0.717, 1.165) is 5.56 Å². The van der Waals surface area contributed by atoms with Crippen molar-refractivity contribution in [1.29, 1.82) is 5.26 Å². The maximum Gasteiger partial charge on any atom is 0.341 e. The molecule has 0 saturated carbocycles. The number of benzene rings is 1. The fourth-order valence-electron chi connectivity index (χ4n) is 2.22. The summed E-state index contributed by atoms with van der Waals surface area (Å²) in [6.45, 7) is 3.66. The van der Waals surface area contributed by atoms with E-state index in [4.69, 9.17) is 10.4 Å². The van der Waals surface area contributed by atoms with Gasteiger partial charge in [-0.3, -0.25) is 4.79 Å². The predicted octanol–water partition coefficient (Wildman–Crippen LogP) is 2.34. The Balaban J connectivity index is 2.49. The molecule has 1 aromatic heterocycles. The number of nitrogens with zero attached hydrogens (tertiary/aromatic N) is 2. The average Bonchev–Trinajstić information content (AvgIpc) is 2.46. The first-order chi connectivity index (χ1) is 9.93. The molecule has 0 aliphatic heterocycles. The van der Waals surface area contributed by atoms with Gasteiger partial charge >= 0.3 is 5.97 Å². The van der Waals surface area contributed by atoms with Gasteiger partial charge in [-0.05, 0) is 31.5 Å². The van der Waals surface area contributed by atoms with Crippen LogP contribution in [0.15, 0.2) is 41.3 Å². The molecule has 1 heterocycles. The summed E-state index contributed by atoms with van der Waals surface area (Å²) in [5.41, 5.74) is 1.43. The van der Waals surface area contributed by atoms with Gasteiger partial charge in [0.1, 0.15) is 5.56 Å². The normalized spacial score (nSPS) is 11.7. The van der Waals surface area contributed by atoms with Crippen LogP contribution < -0.4 is 5.43 Å². The van der Waals surface area contributed by atoms with Crippen LogP contribution in [-0.4, -0.2) is 15.6 Å². The molecule has 0 saturated heterocycles. The van der Waals surface area contributed by atoms with Crippen LogP contribution in [0.5, 0.6) is 0 Å². The highest BCUT2D eigenvalue weighted by molar-refractivity contribution is 5.87. The molecule has 0 bridgehead atoms. The van der Waals surface area contributed by atoms with E-state index in [0.29, 0.717) is 11.3 Å². The minimum atomic E-state index is -1.24. The standard InChI is InChI=1S/C16H14N2O3/c1-10-7-15(19)14(16(20)21)9-18(10)11(2)13-5-3-12(8-17)4-6-13/h3-7,9,11H,1-2H3,(H,20,21). The van der Waals surface area contributed by atoms with Crippen molar-refractivity contribution in [3.63, 3.8) is 0 Å². The highest BCUT2D eigenvalue weighted by Crippen LogP contribution is 2.20. The third-order valence-electron chi connectivity index (χ3n) is 3.45. The van der Waals surface area contributed by atoms with Gasteiger partial charge in [0, 0.05) is 18.0 Å². The van der Waals surface area contributed by atoms with Crippen molar-refractivity contribution in [2.45, 2.75) is 19.9 Å². The molecule has 0 radical (unpaired) electrons. The lowest BCUT2D eigenvalue weighted by Crippen LogP contribution is -2.21. The zero-order valence-corrected chi connectivity index (χ0v) is 11.7. The number of aromatic nitrogens is 1. The van der Waals surface area contributed by atoms with Crippen molar-refractivity contribution < 1.29 is 9.90 Å². The molecule has 0 spiro atoms. The van der Waals surface area contributed by atoms with E-state index in [1.54, 1.807) is 23.6 Å².